The topological polar surface area (TPSA) is 100 Å². The van der Waals surface area contributed by atoms with Crippen molar-refractivity contribution in [3.63, 3.8) is 0 Å². The van der Waals surface area contributed by atoms with Gasteiger partial charge < -0.3 is 19.3 Å². The van der Waals surface area contributed by atoms with Gasteiger partial charge in [0.2, 0.25) is 5.95 Å². The first-order valence-corrected chi connectivity index (χ1v) is 10.5. The summed E-state index contributed by atoms with van der Waals surface area (Å²) >= 11 is 0. The summed E-state index contributed by atoms with van der Waals surface area (Å²) in [4.78, 5) is 23.2. The largest absolute Gasteiger partial charge is 0.378 e. The molecule has 3 aromatic rings. The predicted octanol–water partition coefficient (Wildman–Crippen LogP) is 2.02. The third kappa shape index (κ3) is 3.87. The van der Waals surface area contributed by atoms with E-state index in [1.54, 1.807) is 12.3 Å². The molecule has 9 nitrogen and oxygen atoms in total. The second-order valence-corrected chi connectivity index (χ2v) is 7.68. The first kappa shape index (κ1) is 19.6. The molecular formula is C22H23N7O2. The first-order chi connectivity index (χ1) is 15.2. The highest BCUT2D eigenvalue weighted by Gasteiger charge is 2.25. The Morgan fingerprint density at radius 3 is 2.58 bits per heavy atom. The van der Waals surface area contributed by atoms with E-state index in [0.29, 0.717) is 43.7 Å². The van der Waals surface area contributed by atoms with Gasteiger partial charge in [0.15, 0.2) is 5.65 Å². The zero-order chi connectivity index (χ0) is 21.2. The molecule has 0 radical (unpaired) electrons. The summed E-state index contributed by atoms with van der Waals surface area (Å²) in [6.07, 6.45) is 1.67. The minimum Gasteiger partial charge on any atom is -0.378 e. The highest BCUT2D eigenvalue weighted by molar-refractivity contribution is 5.90. The minimum absolute atomic E-state index is 0.215. The number of nitrogens with zero attached hydrogens (tertiary/aromatic N) is 7. The van der Waals surface area contributed by atoms with Crippen LogP contribution >= 0.6 is 0 Å². The molecule has 0 unspecified atom stereocenters. The van der Waals surface area contributed by atoms with Crippen LogP contribution in [0, 0.1) is 11.3 Å². The smallest absolute Gasteiger partial charge is 0.229 e. The maximum absolute atomic E-state index is 9.00. The molecule has 5 rings (SSSR count). The number of nitriles is 1. The van der Waals surface area contributed by atoms with Gasteiger partial charge in [0.05, 0.1) is 43.5 Å². The molecule has 0 saturated carbocycles. The number of pyridine rings is 2. The van der Waals surface area contributed by atoms with Crippen LogP contribution in [0.4, 0.5) is 11.8 Å². The zero-order valence-corrected chi connectivity index (χ0v) is 17.4. The van der Waals surface area contributed by atoms with E-state index in [1.807, 2.05) is 24.3 Å². The molecule has 0 spiro atoms. The summed E-state index contributed by atoms with van der Waals surface area (Å²) < 4.78 is 11.1. The Morgan fingerprint density at radius 2 is 1.84 bits per heavy atom. The molecule has 0 amide bonds. The second kappa shape index (κ2) is 8.41. The van der Waals surface area contributed by atoms with Gasteiger partial charge in [0.25, 0.3) is 0 Å². The summed E-state index contributed by atoms with van der Waals surface area (Å²) in [5, 5.41) is 9.91. The van der Waals surface area contributed by atoms with Crippen LogP contribution in [0.2, 0.25) is 0 Å². The third-order valence-corrected chi connectivity index (χ3v) is 5.64. The van der Waals surface area contributed by atoms with Gasteiger partial charge in [0, 0.05) is 31.4 Å². The lowest BCUT2D eigenvalue weighted by atomic mass is 10.1. The lowest BCUT2D eigenvalue weighted by Crippen LogP contribution is -2.44. The normalized spacial score (nSPS) is 19.4. The van der Waals surface area contributed by atoms with Gasteiger partial charge >= 0.3 is 0 Å². The van der Waals surface area contributed by atoms with Gasteiger partial charge in [-0.25, -0.2) is 9.97 Å². The molecule has 3 aromatic heterocycles. The number of fused-ring (bicyclic) bond motifs is 1. The van der Waals surface area contributed by atoms with Crippen LogP contribution in [0.3, 0.4) is 0 Å². The van der Waals surface area contributed by atoms with Crippen LogP contribution in [0.1, 0.15) is 12.6 Å². The van der Waals surface area contributed by atoms with Gasteiger partial charge in [-0.05, 0) is 31.2 Å². The molecule has 0 N–H and O–H groups in total. The van der Waals surface area contributed by atoms with E-state index in [-0.39, 0.29) is 6.04 Å². The standard InChI is InChI=1S/C22H23N7O2/c1-15-14-31-11-8-29(15)21-18-4-5-19(16-2-3-17(12-23)24-13-16)25-20(18)26-22(27-21)28-6-9-30-10-7-28/h2-5,13,15H,6-11,14H2,1H3/t15-/m0/s1. The van der Waals surface area contributed by atoms with Crippen molar-refractivity contribution in [1.82, 2.24) is 19.9 Å². The fourth-order valence-electron chi connectivity index (χ4n) is 3.92. The van der Waals surface area contributed by atoms with Crippen molar-refractivity contribution >= 4 is 22.8 Å². The van der Waals surface area contributed by atoms with E-state index in [4.69, 9.17) is 29.7 Å². The number of hydrogen-bond donors (Lipinski definition) is 0. The molecule has 2 fully saturated rings. The van der Waals surface area contributed by atoms with Crippen molar-refractivity contribution in [2.75, 3.05) is 55.9 Å². The van der Waals surface area contributed by atoms with E-state index in [1.165, 1.54) is 0 Å². The van der Waals surface area contributed by atoms with E-state index in [0.717, 1.165) is 42.1 Å². The Morgan fingerprint density at radius 1 is 1.00 bits per heavy atom. The summed E-state index contributed by atoms with van der Waals surface area (Å²) in [6.45, 7) is 7.09. The highest BCUT2D eigenvalue weighted by atomic mass is 16.5. The van der Waals surface area contributed by atoms with Crippen molar-refractivity contribution in [3.05, 3.63) is 36.2 Å². The molecule has 5 heterocycles. The Hall–Kier alpha value is -3.35. The van der Waals surface area contributed by atoms with E-state index < -0.39 is 0 Å². The quantitative estimate of drug-likeness (QED) is 0.633. The van der Waals surface area contributed by atoms with E-state index in [9.17, 15) is 0 Å². The summed E-state index contributed by atoms with van der Waals surface area (Å²) in [5.41, 5.74) is 2.63. The molecule has 0 aromatic carbocycles. The summed E-state index contributed by atoms with van der Waals surface area (Å²) in [6, 6.07) is 9.79. The second-order valence-electron chi connectivity index (χ2n) is 7.68. The third-order valence-electron chi connectivity index (χ3n) is 5.64. The first-order valence-electron chi connectivity index (χ1n) is 10.5. The molecule has 0 aliphatic carbocycles. The van der Waals surface area contributed by atoms with E-state index in [2.05, 4.69) is 21.7 Å². The molecular weight excluding hydrogens is 394 g/mol. The Balaban J connectivity index is 1.62. The SMILES string of the molecule is C[C@H]1COCCN1c1nc(N2CCOCC2)nc2nc(-c3ccc(C#N)nc3)ccc12. The lowest BCUT2D eigenvalue weighted by Gasteiger charge is -2.35. The van der Waals surface area contributed by atoms with Crippen LogP contribution in [0.25, 0.3) is 22.3 Å². The van der Waals surface area contributed by atoms with Gasteiger partial charge in [-0.15, -0.1) is 0 Å². The Bertz CT molecular complexity index is 1120. The fourth-order valence-corrected chi connectivity index (χ4v) is 3.92. The summed E-state index contributed by atoms with van der Waals surface area (Å²) in [7, 11) is 0. The van der Waals surface area contributed by atoms with Crippen LogP contribution in [0.15, 0.2) is 30.5 Å². The maximum Gasteiger partial charge on any atom is 0.229 e. The lowest BCUT2D eigenvalue weighted by molar-refractivity contribution is 0.0986. The van der Waals surface area contributed by atoms with E-state index >= 15 is 0 Å². The van der Waals surface area contributed by atoms with Crippen LogP contribution in [-0.2, 0) is 9.47 Å². The van der Waals surface area contributed by atoms with Crippen molar-refractivity contribution in [1.29, 1.82) is 5.26 Å². The van der Waals surface area contributed by atoms with Gasteiger partial charge in [-0.1, -0.05) is 0 Å². The summed E-state index contributed by atoms with van der Waals surface area (Å²) in [5.74, 6) is 1.56. The van der Waals surface area contributed by atoms with Gasteiger partial charge in [-0.2, -0.15) is 15.2 Å². The van der Waals surface area contributed by atoms with Crippen molar-refractivity contribution in [2.24, 2.45) is 0 Å². The number of aromatic nitrogens is 4. The molecule has 0 bridgehead atoms. The number of ether oxygens (including phenoxy) is 2. The Kier molecular flexibility index (Phi) is 5.32. The number of rotatable bonds is 3. The van der Waals surface area contributed by atoms with Gasteiger partial charge in [0.1, 0.15) is 17.6 Å². The molecule has 9 heteroatoms. The van der Waals surface area contributed by atoms with Crippen molar-refractivity contribution in [2.45, 2.75) is 13.0 Å². The molecule has 2 saturated heterocycles. The highest BCUT2D eigenvalue weighted by Crippen LogP contribution is 2.30. The van der Waals surface area contributed by atoms with Crippen molar-refractivity contribution < 1.29 is 9.47 Å². The van der Waals surface area contributed by atoms with Crippen molar-refractivity contribution in [3.8, 4) is 17.3 Å². The molecule has 1 atom stereocenters. The average molecular weight is 417 g/mol. The average Bonchev–Trinajstić information content (AvgIpc) is 2.84. The van der Waals surface area contributed by atoms with Crippen LogP contribution < -0.4 is 9.80 Å². The maximum atomic E-state index is 9.00. The predicted molar refractivity (Wildman–Crippen MR) is 116 cm³/mol. The number of hydrogen-bond acceptors (Lipinski definition) is 9. The monoisotopic (exact) mass is 417 g/mol. The Labute approximate surface area is 180 Å². The van der Waals surface area contributed by atoms with Gasteiger partial charge in [-0.3, -0.25) is 0 Å². The zero-order valence-electron chi connectivity index (χ0n) is 17.4. The van der Waals surface area contributed by atoms with Crippen LogP contribution in [0.5, 0.6) is 0 Å². The number of anilines is 2. The fraction of sp³-hybridized carbons (Fsp3) is 0.409. The minimum atomic E-state index is 0.215. The molecule has 158 valence electrons. The number of morpholine rings is 2. The molecule has 2 aliphatic heterocycles. The van der Waals surface area contributed by atoms with Crippen LogP contribution in [-0.4, -0.2) is 72.0 Å². The molecule has 2 aliphatic rings. The molecule has 31 heavy (non-hydrogen) atoms.